The molecule has 0 N–H and O–H groups in total. The number of hydrogen-bond donors (Lipinski definition) is 0. The van der Waals surface area contributed by atoms with Gasteiger partial charge in [0.15, 0.2) is 0 Å². The highest BCUT2D eigenvalue weighted by atomic mass is 32.1. The summed E-state index contributed by atoms with van der Waals surface area (Å²) in [7, 11) is 0. The van der Waals surface area contributed by atoms with Crippen LogP contribution in [-0.4, -0.2) is 6.61 Å². The van der Waals surface area contributed by atoms with Crippen molar-refractivity contribution in [2.45, 2.75) is 19.4 Å². The highest BCUT2D eigenvalue weighted by molar-refractivity contribution is 7.10. The van der Waals surface area contributed by atoms with E-state index in [1.807, 2.05) is 55.5 Å². The molecule has 0 saturated heterocycles. The lowest BCUT2D eigenvalue weighted by Crippen LogP contribution is -2.01. The monoisotopic (exact) mass is 358 g/mol. The molecule has 0 aliphatic heterocycles. The smallest absolute Gasteiger partial charge is 0.0951 e. The number of ether oxygens (including phenoxy) is 1. The van der Waals surface area contributed by atoms with Crippen LogP contribution in [0.2, 0.25) is 0 Å². The molecule has 1 nitrogen and oxygen atoms in total. The fourth-order valence-corrected chi connectivity index (χ4v) is 3.47. The van der Waals surface area contributed by atoms with E-state index in [4.69, 9.17) is 4.74 Å². The van der Waals surface area contributed by atoms with Crippen LogP contribution in [-0.2, 0) is 4.74 Å². The second kappa shape index (κ2) is 9.77. The predicted molar refractivity (Wildman–Crippen MR) is 111 cm³/mol. The zero-order chi connectivity index (χ0) is 18.0. The van der Waals surface area contributed by atoms with Crippen LogP contribution in [0.5, 0.6) is 0 Å². The van der Waals surface area contributed by atoms with E-state index < -0.39 is 0 Å². The minimum atomic E-state index is 0.0808. The second-order valence-electron chi connectivity index (χ2n) is 5.79. The summed E-state index contributed by atoms with van der Waals surface area (Å²) in [6, 6.07) is 24.6. The molecular formula is C24H22OS. The van der Waals surface area contributed by atoms with Gasteiger partial charge in [-0.05, 0) is 42.5 Å². The van der Waals surface area contributed by atoms with E-state index >= 15 is 0 Å². The van der Waals surface area contributed by atoms with Gasteiger partial charge in [0.2, 0.25) is 0 Å². The van der Waals surface area contributed by atoms with Crippen LogP contribution in [0.4, 0.5) is 0 Å². The molecule has 1 atom stereocenters. The lowest BCUT2D eigenvalue weighted by atomic mass is 10.0. The van der Waals surface area contributed by atoms with Gasteiger partial charge in [-0.3, -0.25) is 0 Å². The molecule has 0 spiro atoms. The number of rotatable bonds is 6. The molecule has 2 heteroatoms. The first kappa shape index (κ1) is 18.2. The molecule has 1 unspecified atom stereocenters. The maximum absolute atomic E-state index is 5.95. The minimum absolute atomic E-state index is 0.0808. The van der Waals surface area contributed by atoms with Crippen LogP contribution in [0.25, 0.3) is 5.57 Å². The van der Waals surface area contributed by atoms with E-state index in [2.05, 4.69) is 47.6 Å². The third kappa shape index (κ3) is 5.20. The second-order valence-corrected chi connectivity index (χ2v) is 6.77. The molecule has 0 radical (unpaired) electrons. The standard InChI is InChI=1S/C24H22OS/c1-2-25-23(24-14-9-19-26-24)18-17-22(21-12-7-4-8-13-21)16-15-20-10-5-3-6-11-20/h3-14,17,19,23H,2,18H2,1H3/b22-17+. The maximum atomic E-state index is 5.95. The first-order valence-corrected chi connectivity index (χ1v) is 9.72. The molecule has 26 heavy (non-hydrogen) atoms. The summed E-state index contributed by atoms with van der Waals surface area (Å²) >= 11 is 1.74. The summed E-state index contributed by atoms with van der Waals surface area (Å²) in [4.78, 5) is 1.26. The van der Waals surface area contributed by atoms with Gasteiger partial charge in [0.1, 0.15) is 0 Å². The van der Waals surface area contributed by atoms with Gasteiger partial charge in [0, 0.05) is 22.6 Å². The third-order valence-corrected chi connectivity index (χ3v) is 4.93. The van der Waals surface area contributed by atoms with Crippen molar-refractivity contribution in [2.24, 2.45) is 0 Å². The molecule has 3 rings (SSSR count). The molecule has 130 valence electrons. The van der Waals surface area contributed by atoms with Crippen LogP contribution in [0, 0.1) is 11.8 Å². The number of benzene rings is 2. The van der Waals surface area contributed by atoms with Crippen LogP contribution < -0.4 is 0 Å². The lowest BCUT2D eigenvalue weighted by Gasteiger charge is -2.14. The fraction of sp³-hybridized carbons (Fsp3) is 0.167. The van der Waals surface area contributed by atoms with Crippen molar-refractivity contribution < 1.29 is 4.74 Å². The molecule has 0 amide bonds. The van der Waals surface area contributed by atoms with Crippen molar-refractivity contribution in [2.75, 3.05) is 6.61 Å². The van der Waals surface area contributed by atoms with Crippen molar-refractivity contribution in [1.29, 1.82) is 0 Å². The van der Waals surface area contributed by atoms with E-state index in [9.17, 15) is 0 Å². The van der Waals surface area contributed by atoms with Gasteiger partial charge in [-0.1, -0.05) is 72.5 Å². The third-order valence-electron chi connectivity index (χ3n) is 3.96. The Hall–Kier alpha value is -2.60. The summed E-state index contributed by atoms with van der Waals surface area (Å²) in [5, 5.41) is 2.10. The average molecular weight is 359 g/mol. The Kier molecular flexibility index (Phi) is 6.84. The molecule has 2 aromatic carbocycles. The average Bonchev–Trinajstić information content (AvgIpc) is 3.23. The Morgan fingerprint density at radius 1 is 1.00 bits per heavy atom. The number of hydrogen-bond acceptors (Lipinski definition) is 2. The van der Waals surface area contributed by atoms with Gasteiger partial charge in [0.25, 0.3) is 0 Å². The van der Waals surface area contributed by atoms with Crippen molar-refractivity contribution in [3.8, 4) is 11.8 Å². The Labute approximate surface area is 160 Å². The first-order valence-electron chi connectivity index (χ1n) is 8.84. The van der Waals surface area contributed by atoms with Crippen LogP contribution in [0.1, 0.15) is 35.5 Å². The predicted octanol–water partition coefficient (Wildman–Crippen LogP) is 6.35. The SMILES string of the molecule is CCOC(C/C=C(\C#Cc1ccccc1)c1ccccc1)c1cccs1. The maximum Gasteiger partial charge on any atom is 0.0951 e. The molecule has 1 heterocycles. The Morgan fingerprint density at radius 2 is 1.73 bits per heavy atom. The molecule has 0 aliphatic carbocycles. The largest absolute Gasteiger partial charge is 0.373 e. The molecule has 0 bridgehead atoms. The molecule has 1 aromatic heterocycles. The van der Waals surface area contributed by atoms with Crippen molar-refractivity contribution in [3.05, 3.63) is 100 Å². The normalized spacial score (nSPS) is 12.3. The Balaban J connectivity index is 1.87. The van der Waals surface area contributed by atoms with E-state index in [0.29, 0.717) is 6.61 Å². The van der Waals surface area contributed by atoms with Gasteiger partial charge in [-0.15, -0.1) is 11.3 Å². The topological polar surface area (TPSA) is 9.23 Å². The van der Waals surface area contributed by atoms with Crippen molar-refractivity contribution in [3.63, 3.8) is 0 Å². The van der Waals surface area contributed by atoms with Gasteiger partial charge < -0.3 is 4.74 Å². The van der Waals surface area contributed by atoms with Gasteiger partial charge in [0.05, 0.1) is 6.10 Å². The number of thiophene rings is 1. The molecule has 0 saturated carbocycles. The van der Waals surface area contributed by atoms with E-state index in [1.54, 1.807) is 11.3 Å². The summed E-state index contributed by atoms with van der Waals surface area (Å²) in [6.07, 6.45) is 3.09. The summed E-state index contributed by atoms with van der Waals surface area (Å²) in [5.74, 6) is 6.63. The highest BCUT2D eigenvalue weighted by Crippen LogP contribution is 2.27. The zero-order valence-electron chi connectivity index (χ0n) is 14.9. The molecule has 0 aliphatic rings. The van der Waals surface area contributed by atoms with Crippen molar-refractivity contribution in [1.82, 2.24) is 0 Å². The minimum Gasteiger partial charge on any atom is -0.373 e. The lowest BCUT2D eigenvalue weighted by molar-refractivity contribution is 0.0674. The number of allylic oxidation sites excluding steroid dienone is 1. The molecular weight excluding hydrogens is 336 g/mol. The van der Waals surface area contributed by atoms with Gasteiger partial charge in [-0.25, -0.2) is 0 Å². The highest BCUT2D eigenvalue weighted by Gasteiger charge is 2.11. The van der Waals surface area contributed by atoms with Crippen molar-refractivity contribution >= 4 is 16.9 Å². The van der Waals surface area contributed by atoms with E-state index in [0.717, 1.165) is 23.1 Å². The quantitative estimate of drug-likeness (QED) is 0.466. The van der Waals surface area contributed by atoms with E-state index in [1.165, 1.54) is 4.88 Å². The van der Waals surface area contributed by atoms with Crippen LogP contribution in [0.15, 0.2) is 84.3 Å². The zero-order valence-corrected chi connectivity index (χ0v) is 15.7. The Bertz CT molecular complexity index is 868. The summed E-state index contributed by atoms with van der Waals surface area (Å²) in [5.41, 5.74) is 3.20. The first-order chi connectivity index (χ1) is 12.9. The Morgan fingerprint density at radius 3 is 2.38 bits per heavy atom. The molecule has 3 aromatic rings. The summed E-state index contributed by atoms with van der Waals surface area (Å²) < 4.78 is 5.95. The van der Waals surface area contributed by atoms with Crippen LogP contribution in [0.3, 0.4) is 0 Å². The van der Waals surface area contributed by atoms with Crippen LogP contribution >= 0.6 is 11.3 Å². The van der Waals surface area contributed by atoms with Gasteiger partial charge in [-0.2, -0.15) is 0 Å². The van der Waals surface area contributed by atoms with Gasteiger partial charge >= 0.3 is 0 Å². The summed E-state index contributed by atoms with van der Waals surface area (Å²) in [6.45, 7) is 2.74. The fourth-order valence-electron chi connectivity index (χ4n) is 2.69. The molecule has 0 fully saturated rings. The van der Waals surface area contributed by atoms with E-state index in [-0.39, 0.29) is 6.10 Å².